The minimum absolute atomic E-state index is 0.0266. The van der Waals surface area contributed by atoms with Crippen LogP contribution in [-0.4, -0.2) is 73.9 Å². The quantitative estimate of drug-likeness (QED) is 0.540. The molecule has 0 unspecified atom stereocenters. The zero-order valence-electron chi connectivity index (χ0n) is 18.0. The second kappa shape index (κ2) is 9.74. The van der Waals surface area contributed by atoms with Crippen molar-refractivity contribution in [2.24, 2.45) is 0 Å². The highest BCUT2D eigenvalue weighted by atomic mass is 35.5. The number of morpholine rings is 1. The van der Waals surface area contributed by atoms with E-state index in [-0.39, 0.29) is 28.7 Å². The topological polar surface area (TPSA) is 125 Å². The highest BCUT2D eigenvalue weighted by Crippen LogP contribution is 2.28. The van der Waals surface area contributed by atoms with Gasteiger partial charge >= 0.3 is 6.03 Å². The molecule has 10 nitrogen and oxygen atoms in total. The molecule has 2 fully saturated rings. The van der Waals surface area contributed by atoms with Crippen molar-refractivity contribution in [3.8, 4) is 0 Å². The van der Waals surface area contributed by atoms with E-state index in [0.717, 1.165) is 17.7 Å². The highest BCUT2D eigenvalue weighted by molar-refractivity contribution is 7.89. The summed E-state index contributed by atoms with van der Waals surface area (Å²) in [6.45, 7) is 4.18. The second-order valence-electron chi connectivity index (χ2n) is 7.96. The van der Waals surface area contributed by atoms with Gasteiger partial charge in [-0.05, 0) is 31.5 Å². The Bertz CT molecular complexity index is 1010. The molecule has 0 aromatic heterocycles. The van der Waals surface area contributed by atoms with E-state index in [1.807, 2.05) is 6.92 Å². The van der Waals surface area contributed by atoms with Crippen LogP contribution in [0, 0.1) is 0 Å². The summed E-state index contributed by atoms with van der Waals surface area (Å²) in [5.41, 5.74) is -0.969. The largest absolute Gasteiger partial charge is 0.379 e. The van der Waals surface area contributed by atoms with Crippen LogP contribution in [0.2, 0.25) is 5.02 Å². The summed E-state index contributed by atoms with van der Waals surface area (Å²) >= 11 is 6.15. The number of rotatable bonds is 8. The summed E-state index contributed by atoms with van der Waals surface area (Å²) < 4.78 is 32.2. The van der Waals surface area contributed by atoms with Crippen LogP contribution in [0.15, 0.2) is 23.1 Å². The third kappa shape index (κ3) is 5.06. The molecular weight excluding hydrogens is 460 g/mol. The smallest absolute Gasteiger partial charge is 0.325 e. The van der Waals surface area contributed by atoms with Gasteiger partial charge in [-0.15, -0.1) is 0 Å². The molecule has 1 atom stereocenters. The lowest BCUT2D eigenvalue weighted by molar-refractivity contribution is -0.133. The number of nitrogens with zero attached hydrogens (tertiary/aromatic N) is 2. The van der Waals surface area contributed by atoms with Gasteiger partial charge in [0.25, 0.3) is 5.91 Å². The predicted molar refractivity (Wildman–Crippen MR) is 118 cm³/mol. The maximum absolute atomic E-state index is 12.9. The zero-order valence-corrected chi connectivity index (χ0v) is 19.6. The molecule has 2 aliphatic rings. The van der Waals surface area contributed by atoms with E-state index in [2.05, 4.69) is 10.6 Å². The zero-order chi connectivity index (χ0) is 23.5. The molecule has 2 aliphatic heterocycles. The molecule has 1 aromatic rings. The molecule has 1 aromatic carbocycles. The number of halogens is 1. The van der Waals surface area contributed by atoms with E-state index < -0.39 is 40.0 Å². The van der Waals surface area contributed by atoms with Gasteiger partial charge in [-0.1, -0.05) is 31.4 Å². The number of anilines is 1. The number of amides is 4. The van der Waals surface area contributed by atoms with E-state index >= 15 is 0 Å². The van der Waals surface area contributed by atoms with Crippen molar-refractivity contribution >= 4 is 45.2 Å². The van der Waals surface area contributed by atoms with Crippen LogP contribution < -0.4 is 10.6 Å². The molecule has 0 saturated carbocycles. The summed E-state index contributed by atoms with van der Waals surface area (Å²) in [5, 5.41) is 5.29. The Morgan fingerprint density at radius 2 is 1.97 bits per heavy atom. The van der Waals surface area contributed by atoms with Crippen molar-refractivity contribution in [1.82, 2.24) is 14.5 Å². The van der Waals surface area contributed by atoms with Gasteiger partial charge in [-0.25, -0.2) is 13.2 Å². The number of carbonyl (C=O) groups is 3. The Labute approximate surface area is 192 Å². The molecule has 3 rings (SSSR count). The summed E-state index contributed by atoms with van der Waals surface area (Å²) in [6.07, 6.45) is 2.09. The maximum atomic E-state index is 12.9. The first-order chi connectivity index (χ1) is 15.1. The first-order valence-electron chi connectivity index (χ1n) is 10.4. The van der Waals surface area contributed by atoms with E-state index in [9.17, 15) is 22.8 Å². The minimum Gasteiger partial charge on any atom is -0.379 e. The Morgan fingerprint density at radius 3 is 2.62 bits per heavy atom. The number of carbonyl (C=O) groups excluding carboxylic acids is 3. The van der Waals surface area contributed by atoms with Gasteiger partial charge in [0.05, 0.1) is 28.8 Å². The van der Waals surface area contributed by atoms with E-state index in [4.69, 9.17) is 16.3 Å². The fourth-order valence-corrected chi connectivity index (χ4v) is 5.22. The first-order valence-corrected chi connectivity index (χ1v) is 12.2. The van der Waals surface area contributed by atoms with Gasteiger partial charge in [-0.3, -0.25) is 14.5 Å². The Kier molecular flexibility index (Phi) is 7.43. The summed E-state index contributed by atoms with van der Waals surface area (Å²) in [4.78, 5) is 38.4. The molecular formula is C20H27ClN4O6S. The van der Waals surface area contributed by atoms with Gasteiger partial charge in [-0.2, -0.15) is 4.31 Å². The Balaban J connectivity index is 1.72. The lowest BCUT2D eigenvalue weighted by Crippen LogP contribution is -2.44. The van der Waals surface area contributed by atoms with Crippen molar-refractivity contribution in [3.63, 3.8) is 0 Å². The number of hydrogen-bond acceptors (Lipinski definition) is 6. The molecule has 12 heteroatoms. The third-order valence-corrected chi connectivity index (χ3v) is 7.72. The first kappa shape index (κ1) is 24.4. The van der Waals surface area contributed by atoms with Crippen molar-refractivity contribution < 1.29 is 27.5 Å². The van der Waals surface area contributed by atoms with Crippen LogP contribution in [0.3, 0.4) is 0 Å². The van der Waals surface area contributed by atoms with Crippen LogP contribution in [0.5, 0.6) is 0 Å². The number of benzene rings is 1. The average molecular weight is 487 g/mol. The summed E-state index contributed by atoms with van der Waals surface area (Å²) in [5.74, 6) is -1.14. The van der Waals surface area contributed by atoms with E-state index in [1.54, 1.807) is 6.92 Å². The van der Waals surface area contributed by atoms with Crippen LogP contribution >= 0.6 is 11.6 Å². The standard InChI is InChI=1S/C20H27ClN4O6S/c1-3-4-7-20(2)18(27)25(19(28)23-20)13-17(26)22-16-12-14(5-6-15(16)21)32(29,30)24-8-10-31-11-9-24/h5-6,12H,3-4,7-11,13H2,1-2H3,(H,22,26)(H,23,28)/t20-/m1/s1. The molecule has 0 aliphatic carbocycles. The number of imide groups is 1. The summed E-state index contributed by atoms with van der Waals surface area (Å²) in [7, 11) is -3.79. The lowest BCUT2D eigenvalue weighted by atomic mass is 9.95. The molecule has 0 spiro atoms. The lowest BCUT2D eigenvalue weighted by Gasteiger charge is -2.26. The van der Waals surface area contributed by atoms with E-state index in [0.29, 0.717) is 19.6 Å². The average Bonchev–Trinajstić information content (AvgIpc) is 2.97. The Morgan fingerprint density at radius 1 is 1.28 bits per heavy atom. The molecule has 176 valence electrons. The molecule has 2 saturated heterocycles. The van der Waals surface area contributed by atoms with Crippen molar-refractivity contribution in [3.05, 3.63) is 23.2 Å². The van der Waals surface area contributed by atoms with Crippen molar-refractivity contribution in [1.29, 1.82) is 0 Å². The van der Waals surface area contributed by atoms with Crippen molar-refractivity contribution in [2.45, 2.75) is 43.5 Å². The highest BCUT2D eigenvalue weighted by Gasteiger charge is 2.47. The molecule has 0 bridgehead atoms. The fraction of sp³-hybridized carbons (Fsp3) is 0.550. The van der Waals surface area contributed by atoms with Gasteiger partial charge < -0.3 is 15.4 Å². The number of ether oxygens (including phenoxy) is 1. The van der Waals surface area contributed by atoms with Gasteiger partial charge in [0, 0.05) is 13.1 Å². The maximum Gasteiger partial charge on any atom is 0.325 e. The molecule has 32 heavy (non-hydrogen) atoms. The number of hydrogen-bond donors (Lipinski definition) is 2. The Hall–Kier alpha value is -2.21. The van der Waals surface area contributed by atoms with Crippen LogP contribution in [0.4, 0.5) is 10.5 Å². The SMILES string of the molecule is CCCC[C@@]1(C)NC(=O)N(CC(=O)Nc2cc(S(=O)(=O)N3CCOCC3)ccc2Cl)C1=O. The predicted octanol–water partition coefficient (Wildman–Crippen LogP) is 1.80. The second-order valence-corrected chi connectivity index (χ2v) is 10.3. The number of urea groups is 1. The van der Waals surface area contributed by atoms with Gasteiger partial charge in [0.1, 0.15) is 12.1 Å². The van der Waals surface area contributed by atoms with E-state index in [1.165, 1.54) is 22.5 Å². The molecule has 2 heterocycles. The fourth-order valence-electron chi connectivity index (χ4n) is 3.62. The number of nitrogens with one attached hydrogen (secondary N) is 2. The molecule has 4 amide bonds. The van der Waals surface area contributed by atoms with Crippen LogP contribution in [0.25, 0.3) is 0 Å². The van der Waals surface area contributed by atoms with Crippen LogP contribution in [-0.2, 0) is 24.3 Å². The van der Waals surface area contributed by atoms with Crippen LogP contribution in [0.1, 0.15) is 33.1 Å². The monoisotopic (exact) mass is 486 g/mol. The molecule has 0 radical (unpaired) electrons. The number of sulfonamides is 1. The minimum atomic E-state index is -3.79. The van der Waals surface area contributed by atoms with Gasteiger partial charge in [0.15, 0.2) is 0 Å². The molecule has 2 N–H and O–H groups in total. The van der Waals surface area contributed by atoms with Crippen molar-refractivity contribution in [2.75, 3.05) is 38.2 Å². The third-order valence-electron chi connectivity index (χ3n) is 5.50. The number of unbranched alkanes of at least 4 members (excludes halogenated alkanes) is 1. The summed E-state index contributed by atoms with van der Waals surface area (Å²) in [6, 6.07) is 3.36. The van der Waals surface area contributed by atoms with Gasteiger partial charge in [0.2, 0.25) is 15.9 Å². The normalized spacial score (nSPS) is 22.2.